The first kappa shape index (κ1) is 45.6. The summed E-state index contributed by atoms with van der Waals surface area (Å²) in [4.78, 5) is 18.7. The zero-order chi connectivity index (χ0) is 63.9. The molecule has 0 radical (unpaired) electrons. The smallest absolute Gasteiger partial charge is 0.235 e. The van der Waals surface area contributed by atoms with Crippen LogP contribution in [0.2, 0.25) is 5.28 Å². The number of thiophene rings is 2. The Labute approximate surface area is 532 Å². The van der Waals surface area contributed by atoms with Gasteiger partial charge in [-0.15, -0.1) is 22.7 Å². The zero-order valence-electron chi connectivity index (χ0n) is 53.2. The number of hydrogen-bond donors (Lipinski definition) is 0. The topological polar surface area (TPSA) is 56.5 Å². The number of nitrogens with zero attached hydrogens (tertiary/aromatic N) is 5. The highest BCUT2D eigenvalue weighted by Gasteiger charge is 2.29. The van der Waals surface area contributed by atoms with Crippen molar-refractivity contribution in [2.75, 3.05) is 0 Å². The normalized spacial score (nSPS) is 13.0. The summed E-state index contributed by atoms with van der Waals surface area (Å²) in [5.74, 6) is 0.483. The van der Waals surface area contributed by atoms with Gasteiger partial charge in [-0.1, -0.05) is 249 Å². The number of halogens is 1. The van der Waals surface area contributed by atoms with Crippen LogP contribution in [0, 0.1) is 0 Å². The molecule has 5 heterocycles. The summed E-state index contributed by atoms with van der Waals surface area (Å²) in [5.41, 5.74) is 11.0. The monoisotopic (exact) mass is 1200 g/mol. The van der Waals surface area contributed by atoms with Crippen LogP contribution in [0.15, 0.2) is 279 Å². The van der Waals surface area contributed by atoms with E-state index in [4.69, 9.17) is 29.8 Å². The Morgan fingerprint density at radius 1 is 0.371 bits per heavy atom. The molecule has 0 saturated heterocycles. The minimum atomic E-state index is 0.0763. The van der Waals surface area contributed by atoms with Crippen molar-refractivity contribution < 1.29 is 8.22 Å². The fraction of sp³-hybridized carbons (Fsp3) is 0.0123. The van der Waals surface area contributed by atoms with Gasteiger partial charge in [0.05, 0.1) is 46.4 Å². The second-order valence-electron chi connectivity index (χ2n) is 22.3. The maximum atomic E-state index is 8.82. The second kappa shape index (κ2) is 20.8. The third-order valence-corrected chi connectivity index (χ3v) is 20.0. The molecule has 0 bridgehead atoms. The van der Waals surface area contributed by atoms with Gasteiger partial charge in [0.1, 0.15) is 0 Å². The molecular weight excluding hydrogens is 1140 g/mol. The number of benzene rings is 14. The number of fused-ring (bicyclic) bond motifs is 26. The summed E-state index contributed by atoms with van der Waals surface area (Å²) in [6, 6.07) is 82.9. The molecule has 19 aromatic rings. The predicted molar refractivity (Wildman–Crippen MR) is 380 cm³/mol. The van der Waals surface area contributed by atoms with Crippen LogP contribution in [0.3, 0.4) is 0 Å². The van der Waals surface area contributed by atoms with E-state index < -0.39 is 0 Å². The first-order chi connectivity index (χ1) is 46.5. The van der Waals surface area contributed by atoms with Crippen molar-refractivity contribution in [3.63, 3.8) is 0 Å². The van der Waals surface area contributed by atoms with Gasteiger partial charge < -0.3 is 0 Å². The Bertz CT molecular complexity index is 6470. The van der Waals surface area contributed by atoms with Crippen molar-refractivity contribution >= 4 is 161 Å². The summed E-state index contributed by atoms with van der Waals surface area (Å²) in [6.07, 6.45) is 1.03. The lowest BCUT2D eigenvalue weighted by Gasteiger charge is -2.12. The lowest BCUT2D eigenvalue weighted by atomic mass is 9.92. The van der Waals surface area contributed by atoms with Crippen LogP contribution in [0.25, 0.3) is 167 Å². The molecule has 89 heavy (non-hydrogen) atoms. The summed E-state index contributed by atoms with van der Waals surface area (Å²) < 4.78 is 56.7. The molecule has 14 aromatic carbocycles. The Morgan fingerprint density at radius 2 is 0.843 bits per heavy atom. The molecular formula is C81H48ClN5S2. The molecule has 8 heteroatoms. The minimum Gasteiger partial charge on any atom is -0.276 e. The average Bonchev–Trinajstić information content (AvgIpc) is 1.55. The number of para-hydroxylation sites is 2. The molecule has 0 amide bonds. The van der Waals surface area contributed by atoms with Gasteiger partial charge in [-0.2, -0.15) is 0 Å². The quantitative estimate of drug-likeness (QED) is 0.165. The highest BCUT2D eigenvalue weighted by molar-refractivity contribution is 7.27. The first-order valence-corrected chi connectivity index (χ1v) is 31.4. The summed E-state index contributed by atoms with van der Waals surface area (Å²) in [7, 11) is 0. The highest BCUT2D eigenvalue weighted by Crippen LogP contribution is 2.53. The van der Waals surface area contributed by atoms with Crippen LogP contribution < -0.4 is 0 Å². The third-order valence-electron chi connectivity index (χ3n) is 17.4. The molecule has 0 unspecified atom stereocenters. The van der Waals surface area contributed by atoms with Gasteiger partial charge in [-0.05, 0) is 107 Å². The van der Waals surface area contributed by atoms with Crippen molar-refractivity contribution in [2.45, 2.75) is 6.42 Å². The van der Waals surface area contributed by atoms with Gasteiger partial charge in [0.25, 0.3) is 0 Å². The van der Waals surface area contributed by atoms with E-state index in [0.29, 0.717) is 34.0 Å². The third kappa shape index (κ3) is 8.20. The van der Waals surface area contributed by atoms with Gasteiger partial charge >= 0.3 is 0 Å². The standard InChI is InChI=1S/C40H23N3S.C27H16S.C14H9ClN2/c1-2-13-25(14-3-1)37-29-18-8-10-20-31(29)41-40(42-37)43-32-23-22-24-12-4-5-15-26(24)35(32)36-28-17-7-6-16-27(28)34-30-19-9-11-21-33(30)44-39(34)38(36)43;1-2-8-18-16(7-1)13-14-17-15-22-25(24(17)18)19-9-3-4-10-20(19)26-21-11-5-6-12-23(21)28-27(22)26;15-14-16-12-9-5-4-8-11(12)13(17-14)10-6-2-1-3-7-10/h1-23H;1-14H,15H2;1-9H/i1D,13D,14D;;1D,6D,7D. The first-order valence-electron chi connectivity index (χ1n) is 32.4. The molecule has 0 saturated carbocycles. The van der Waals surface area contributed by atoms with E-state index in [9.17, 15) is 0 Å². The molecule has 5 nitrogen and oxygen atoms in total. The van der Waals surface area contributed by atoms with Crippen LogP contribution >= 0.6 is 34.3 Å². The van der Waals surface area contributed by atoms with Gasteiger partial charge in [-0.25, -0.2) is 19.9 Å². The van der Waals surface area contributed by atoms with Crippen molar-refractivity contribution in [3.8, 4) is 39.6 Å². The molecule has 1 aliphatic carbocycles. The molecule has 5 aromatic heterocycles. The molecule has 0 fully saturated rings. The van der Waals surface area contributed by atoms with Crippen molar-refractivity contribution in [2.24, 2.45) is 0 Å². The van der Waals surface area contributed by atoms with E-state index in [1.165, 1.54) is 119 Å². The zero-order valence-corrected chi connectivity index (χ0v) is 49.6. The number of hydrogen-bond acceptors (Lipinski definition) is 6. The lowest BCUT2D eigenvalue weighted by Crippen LogP contribution is -2.03. The van der Waals surface area contributed by atoms with Crippen LogP contribution in [0.5, 0.6) is 0 Å². The molecule has 0 N–H and O–H groups in total. The van der Waals surface area contributed by atoms with Crippen LogP contribution in [-0.2, 0) is 6.42 Å². The van der Waals surface area contributed by atoms with E-state index in [2.05, 4.69) is 184 Å². The van der Waals surface area contributed by atoms with Crippen LogP contribution in [0.4, 0.5) is 0 Å². The second-order valence-corrected chi connectivity index (χ2v) is 24.7. The van der Waals surface area contributed by atoms with Gasteiger partial charge in [0.2, 0.25) is 11.2 Å². The largest absolute Gasteiger partial charge is 0.276 e. The lowest BCUT2D eigenvalue weighted by molar-refractivity contribution is 1.02. The summed E-state index contributed by atoms with van der Waals surface area (Å²) >= 11 is 9.67. The summed E-state index contributed by atoms with van der Waals surface area (Å²) in [5, 5.41) is 19.3. The van der Waals surface area contributed by atoms with Crippen LogP contribution in [0.1, 0.15) is 19.4 Å². The molecule has 20 rings (SSSR count). The Balaban J connectivity index is 0.000000116. The van der Waals surface area contributed by atoms with E-state index in [1.54, 1.807) is 17.4 Å². The predicted octanol–water partition coefficient (Wildman–Crippen LogP) is 23.0. The van der Waals surface area contributed by atoms with E-state index in [0.717, 1.165) is 55.3 Å². The number of rotatable bonds is 3. The van der Waals surface area contributed by atoms with Gasteiger partial charge in [-0.3, -0.25) is 4.57 Å². The SMILES string of the molecule is [2H]c1cc([2H])c(-c2nc(-n3c4ccc5ccccc5c4c4c5ccccc5c5c6ccccc6sc5c43)nc3ccccc23)c([2H])c1.[2H]c1cc([2H])c(-c2nc(Cl)nc3ccccc23)c([2H])c1.c1ccc2c3c(ccc2c1)Cc1c-3c2ccccc2c2c1sc1ccccc12. The van der Waals surface area contributed by atoms with Crippen molar-refractivity contribution in [1.82, 2.24) is 24.5 Å². The maximum absolute atomic E-state index is 8.82. The molecule has 0 aliphatic heterocycles. The van der Waals surface area contributed by atoms with Gasteiger partial charge in [0.15, 0.2) is 0 Å². The van der Waals surface area contributed by atoms with E-state index in [-0.39, 0.29) is 41.5 Å². The Morgan fingerprint density at radius 3 is 1.49 bits per heavy atom. The Hall–Kier alpha value is -10.7. The molecule has 0 atom stereocenters. The maximum Gasteiger partial charge on any atom is 0.235 e. The van der Waals surface area contributed by atoms with Crippen molar-refractivity contribution in [1.29, 1.82) is 0 Å². The molecule has 1 aliphatic rings. The molecule has 416 valence electrons. The van der Waals surface area contributed by atoms with E-state index in [1.807, 2.05) is 53.8 Å². The highest BCUT2D eigenvalue weighted by atomic mass is 35.5. The summed E-state index contributed by atoms with van der Waals surface area (Å²) in [6.45, 7) is 0. The minimum absolute atomic E-state index is 0.0763. The fourth-order valence-corrected chi connectivity index (χ4v) is 16.5. The molecule has 0 spiro atoms. The van der Waals surface area contributed by atoms with E-state index >= 15 is 0 Å². The number of aromatic nitrogens is 5. The van der Waals surface area contributed by atoms with Gasteiger partial charge in [0, 0.05) is 74.7 Å². The average molecular weight is 1200 g/mol. The fourth-order valence-electron chi connectivity index (χ4n) is 13.8. The van der Waals surface area contributed by atoms with Crippen molar-refractivity contribution in [3.05, 3.63) is 295 Å². The van der Waals surface area contributed by atoms with Crippen LogP contribution in [-0.4, -0.2) is 24.5 Å². The Kier molecular flexibility index (Phi) is 10.6.